The normalized spacial score (nSPS) is 18.1. The van der Waals surface area contributed by atoms with Gasteiger partial charge in [-0.15, -0.1) is 0 Å². The number of nitrogens with one attached hydrogen (secondary N) is 1. The number of nitriles is 1. The lowest BCUT2D eigenvalue weighted by molar-refractivity contribution is 0.152. The quantitative estimate of drug-likeness (QED) is 0.845. The van der Waals surface area contributed by atoms with E-state index in [0.717, 1.165) is 13.1 Å². The molecule has 0 atom stereocenters. The molecular formula is C15H16FN5O. The van der Waals surface area contributed by atoms with Crippen LogP contribution in [0, 0.1) is 17.1 Å². The minimum absolute atomic E-state index is 0.117. The predicted molar refractivity (Wildman–Crippen MR) is 78.8 cm³/mol. The summed E-state index contributed by atoms with van der Waals surface area (Å²) in [5.74, 6) is -0.469. The Bertz CT molecular complexity index is 660. The lowest BCUT2D eigenvalue weighted by Crippen LogP contribution is -2.49. The lowest BCUT2D eigenvalue weighted by Gasteiger charge is -2.29. The Hall–Kier alpha value is -2.46. The van der Waals surface area contributed by atoms with Crippen molar-refractivity contribution in [3.63, 3.8) is 0 Å². The van der Waals surface area contributed by atoms with Crippen molar-refractivity contribution < 1.29 is 9.18 Å². The summed E-state index contributed by atoms with van der Waals surface area (Å²) in [6.45, 7) is 3.38. The molecule has 0 spiro atoms. The number of hydrogen-bond acceptors (Lipinski definition) is 4. The summed E-state index contributed by atoms with van der Waals surface area (Å²) >= 11 is 0. The highest BCUT2D eigenvalue weighted by molar-refractivity contribution is 6.02. The van der Waals surface area contributed by atoms with Crippen molar-refractivity contribution in [1.82, 2.24) is 15.2 Å². The summed E-state index contributed by atoms with van der Waals surface area (Å²) in [5, 5.41) is 17.8. The van der Waals surface area contributed by atoms with E-state index in [0.29, 0.717) is 37.3 Å². The van der Waals surface area contributed by atoms with Gasteiger partial charge in [-0.3, -0.25) is 0 Å². The van der Waals surface area contributed by atoms with Crippen LogP contribution < -0.4 is 5.32 Å². The number of hydrogen-bond donors (Lipinski definition) is 1. The minimum Gasteiger partial charge on any atom is -0.321 e. The molecule has 0 aliphatic carbocycles. The monoisotopic (exact) mass is 301 g/mol. The third kappa shape index (κ3) is 2.92. The fraction of sp³-hybridized carbons (Fsp3) is 0.400. The first kappa shape index (κ1) is 14.5. The largest absolute Gasteiger partial charge is 0.340 e. The van der Waals surface area contributed by atoms with Gasteiger partial charge in [0.2, 0.25) is 0 Å². The zero-order valence-electron chi connectivity index (χ0n) is 12.0. The first-order valence-corrected chi connectivity index (χ1v) is 7.23. The highest BCUT2D eigenvalue weighted by Gasteiger charge is 2.27. The van der Waals surface area contributed by atoms with Gasteiger partial charge >= 0.3 is 6.03 Å². The summed E-state index contributed by atoms with van der Waals surface area (Å²) in [5.41, 5.74) is 1.45. The van der Waals surface area contributed by atoms with Crippen molar-refractivity contribution in [3.8, 4) is 6.07 Å². The molecule has 7 heteroatoms. The van der Waals surface area contributed by atoms with Gasteiger partial charge < -0.3 is 10.2 Å². The second-order valence-electron chi connectivity index (χ2n) is 5.28. The van der Waals surface area contributed by atoms with E-state index in [1.54, 1.807) is 11.0 Å². The van der Waals surface area contributed by atoms with E-state index in [4.69, 9.17) is 5.26 Å². The molecule has 1 aromatic rings. The van der Waals surface area contributed by atoms with Crippen LogP contribution in [0.5, 0.6) is 0 Å². The maximum Gasteiger partial charge on any atom is 0.340 e. The average Bonchev–Trinajstić information content (AvgIpc) is 3.04. The molecule has 2 aliphatic rings. The number of hydrazone groups is 1. The molecule has 0 bridgehead atoms. The number of urea groups is 1. The minimum atomic E-state index is -0.469. The number of halogens is 1. The van der Waals surface area contributed by atoms with E-state index in [-0.39, 0.29) is 11.6 Å². The Balaban J connectivity index is 1.78. The molecule has 1 fully saturated rings. The Labute approximate surface area is 127 Å². The number of benzene rings is 1. The van der Waals surface area contributed by atoms with Crippen LogP contribution in [0.25, 0.3) is 0 Å². The number of carbonyl (C=O) groups excluding carboxylic acids is 1. The van der Waals surface area contributed by atoms with E-state index in [9.17, 15) is 9.18 Å². The number of nitrogens with zero attached hydrogens (tertiary/aromatic N) is 4. The first-order chi connectivity index (χ1) is 10.7. The lowest BCUT2D eigenvalue weighted by atomic mass is 10.1. The van der Waals surface area contributed by atoms with Crippen LogP contribution in [0.3, 0.4) is 0 Å². The Kier molecular flexibility index (Phi) is 4.02. The molecule has 1 aromatic carbocycles. The molecule has 0 radical (unpaired) electrons. The van der Waals surface area contributed by atoms with Crippen molar-refractivity contribution in [2.45, 2.75) is 6.42 Å². The van der Waals surface area contributed by atoms with Crippen molar-refractivity contribution >= 4 is 11.7 Å². The molecule has 0 aromatic heterocycles. The molecule has 2 amide bonds. The SMILES string of the molecule is N#Cc1cc(F)cc(C2=NN(C(=O)N3CCNCC3)CC2)c1. The van der Waals surface area contributed by atoms with Gasteiger partial charge in [0.25, 0.3) is 0 Å². The standard InChI is InChI=1S/C15H16FN5O/c16-13-8-11(10-17)7-12(9-13)14-1-4-21(19-14)15(22)20-5-2-18-3-6-20/h7-9,18H,1-6H2. The zero-order valence-corrected chi connectivity index (χ0v) is 12.0. The molecule has 3 rings (SSSR count). The molecule has 6 nitrogen and oxygen atoms in total. The van der Waals surface area contributed by atoms with Gasteiger partial charge in [0.1, 0.15) is 5.82 Å². The van der Waals surface area contributed by atoms with Crippen molar-refractivity contribution in [2.75, 3.05) is 32.7 Å². The van der Waals surface area contributed by atoms with E-state index in [1.807, 2.05) is 6.07 Å². The fourth-order valence-electron chi connectivity index (χ4n) is 2.64. The summed E-state index contributed by atoms with van der Waals surface area (Å²) in [7, 11) is 0. The third-order valence-corrected chi connectivity index (χ3v) is 3.77. The van der Waals surface area contributed by atoms with E-state index in [2.05, 4.69) is 10.4 Å². The van der Waals surface area contributed by atoms with Crippen molar-refractivity contribution in [1.29, 1.82) is 5.26 Å². The van der Waals surface area contributed by atoms with Crippen molar-refractivity contribution in [3.05, 3.63) is 35.1 Å². The van der Waals surface area contributed by atoms with Gasteiger partial charge in [-0.2, -0.15) is 10.4 Å². The van der Waals surface area contributed by atoms with Crippen LogP contribution >= 0.6 is 0 Å². The van der Waals surface area contributed by atoms with Crippen molar-refractivity contribution in [2.24, 2.45) is 5.10 Å². The topological polar surface area (TPSA) is 71.7 Å². The van der Waals surface area contributed by atoms with Gasteiger partial charge in [0.15, 0.2) is 0 Å². The summed E-state index contributed by atoms with van der Waals surface area (Å²) in [6, 6.07) is 5.94. The highest BCUT2D eigenvalue weighted by Crippen LogP contribution is 2.18. The highest BCUT2D eigenvalue weighted by atomic mass is 19.1. The van der Waals surface area contributed by atoms with Crippen LogP contribution in [0.4, 0.5) is 9.18 Å². The average molecular weight is 301 g/mol. The van der Waals surface area contributed by atoms with Gasteiger partial charge in [-0.05, 0) is 18.2 Å². The number of amides is 2. The van der Waals surface area contributed by atoms with Crippen LogP contribution in [-0.2, 0) is 0 Å². The van der Waals surface area contributed by atoms with Crippen LogP contribution in [-0.4, -0.2) is 54.4 Å². The Morgan fingerprint density at radius 3 is 2.77 bits per heavy atom. The van der Waals surface area contributed by atoms with E-state index in [1.165, 1.54) is 17.1 Å². The first-order valence-electron chi connectivity index (χ1n) is 7.23. The zero-order chi connectivity index (χ0) is 15.5. The number of carbonyl (C=O) groups is 1. The maximum absolute atomic E-state index is 13.5. The summed E-state index contributed by atoms with van der Waals surface area (Å²) in [6.07, 6.45) is 0.562. The second kappa shape index (κ2) is 6.12. The molecule has 1 N–H and O–H groups in total. The molecular weight excluding hydrogens is 285 g/mol. The predicted octanol–water partition coefficient (Wildman–Crippen LogP) is 1.13. The maximum atomic E-state index is 13.5. The molecule has 2 heterocycles. The Morgan fingerprint density at radius 2 is 2.05 bits per heavy atom. The molecule has 0 unspecified atom stereocenters. The van der Waals surface area contributed by atoms with Gasteiger partial charge in [0.05, 0.1) is 23.9 Å². The Morgan fingerprint density at radius 1 is 1.27 bits per heavy atom. The molecule has 114 valence electrons. The molecule has 2 aliphatic heterocycles. The van der Waals surface area contributed by atoms with Gasteiger partial charge in [-0.25, -0.2) is 14.2 Å². The van der Waals surface area contributed by atoms with Gasteiger partial charge in [-0.1, -0.05) is 0 Å². The third-order valence-electron chi connectivity index (χ3n) is 3.77. The molecule has 0 saturated carbocycles. The van der Waals surface area contributed by atoms with Crippen LogP contribution in [0.2, 0.25) is 0 Å². The van der Waals surface area contributed by atoms with Gasteiger partial charge in [0, 0.05) is 38.2 Å². The second-order valence-corrected chi connectivity index (χ2v) is 5.28. The summed E-state index contributed by atoms with van der Waals surface area (Å²) in [4.78, 5) is 14.1. The van der Waals surface area contributed by atoms with E-state index >= 15 is 0 Å². The van der Waals surface area contributed by atoms with Crippen LogP contribution in [0.1, 0.15) is 17.5 Å². The summed E-state index contributed by atoms with van der Waals surface area (Å²) < 4.78 is 13.5. The molecule has 22 heavy (non-hydrogen) atoms. The smallest absolute Gasteiger partial charge is 0.321 e. The fourth-order valence-corrected chi connectivity index (χ4v) is 2.64. The number of rotatable bonds is 1. The van der Waals surface area contributed by atoms with Crippen LogP contribution in [0.15, 0.2) is 23.3 Å². The molecule has 1 saturated heterocycles. The number of piperazine rings is 1. The van der Waals surface area contributed by atoms with E-state index < -0.39 is 5.82 Å².